The number of rotatable bonds is 4. The predicted octanol–water partition coefficient (Wildman–Crippen LogP) is 7.92. The van der Waals surface area contributed by atoms with Gasteiger partial charge in [-0.3, -0.25) is 0 Å². The highest BCUT2D eigenvalue weighted by Gasteiger charge is 2.23. The van der Waals surface area contributed by atoms with Gasteiger partial charge in [0.05, 0.1) is 16.6 Å². The van der Waals surface area contributed by atoms with Crippen molar-refractivity contribution in [2.24, 2.45) is 7.05 Å². The fourth-order valence-corrected chi connectivity index (χ4v) is 5.55. The van der Waals surface area contributed by atoms with Gasteiger partial charge in [-0.05, 0) is 54.5 Å². The summed E-state index contributed by atoms with van der Waals surface area (Å²) >= 11 is 0. The second-order valence-corrected chi connectivity index (χ2v) is 9.64. The van der Waals surface area contributed by atoms with Gasteiger partial charge in [0.25, 0.3) is 0 Å². The zero-order chi connectivity index (χ0) is 22.7. The van der Waals surface area contributed by atoms with Gasteiger partial charge in [-0.1, -0.05) is 64.1 Å². The van der Waals surface area contributed by atoms with Crippen LogP contribution in [0.15, 0.2) is 48.5 Å². The van der Waals surface area contributed by atoms with Crippen LogP contribution >= 0.6 is 0 Å². The van der Waals surface area contributed by atoms with Crippen LogP contribution in [0.2, 0.25) is 0 Å². The molecule has 0 fully saturated rings. The number of para-hydroxylation sites is 1. The fourth-order valence-electron chi connectivity index (χ4n) is 5.55. The lowest BCUT2D eigenvalue weighted by atomic mass is 9.88. The minimum Gasteiger partial charge on any atom is -0.343 e. The molecule has 0 atom stereocenters. The number of aromatic nitrogens is 3. The molecule has 2 aromatic heterocycles. The molecule has 0 spiro atoms. The first-order valence-electron chi connectivity index (χ1n) is 11.8. The van der Waals surface area contributed by atoms with Crippen molar-refractivity contribution < 1.29 is 0 Å². The molecule has 0 aliphatic rings. The molecule has 0 bridgehead atoms. The summed E-state index contributed by atoms with van der Waals surface area (Å²) < 4.78 is 4.78. The van der Waals surface area contributed by atoms with Crippen LogP contribution in [0.25, 0.3) is 44.2 Å². The van der Waals surface area contributed by atoms with Crippen LogP contribution in [0.4, 0.5) is 0 Å². The maximum Gasteiger partial charge on any atom is 0.141 e. The molecule has 0 saturated carbocycles. The van der Waals surface area contributed by atoms with Crippen molar-refractivity contribution in [2.45, 2.75) is 59.9 Å². The summed E-state index contributed by atoms with van der Waals surface area (Å²) in [4.78, 5) is 5.32. The van der Waals surface area contributed by atoms with Crippen LogP contribution in [0.1, 0.15) is 63.1 Å². The van der Waals surface area contributed by atoms with E-state index in [1.807, 2.05) is 0 Å². The van der Waals surface area contributed by atoms with Crippen molar-refractivity contribution in [3.05, 3.63) is 65.2 Å². The molecule has 32 heavy (non-hydrogen) atoms. The fraction of sp³-hybridized carbons (Fsp3) is 0.345. The lowest BCUT2D eigenvalue weighted by Gasteiger charge is -2.20. The van der Waals surface area contributed by atoms with Crippen molar-refractivity contribution >= 4 is 32.8 Å². The molecule has 0 amide bonds. The van der Waals surface area contributed by atoms with E-state index >= 15 is 0 Å². The number of imidazole rings is 1. The van der Waals surface area contributed by atoms with Gasteiger partial charge in [0.15, 0.2) is 0 Å². The largest absolute Gasteiger partial charge is 0.343 e. The number of hydrogen-bond acceptors (Lipinski definition) is 1. The number of aryl methyl sites for hydroxylation is 3. The SMILES string of the molecule is CCn1c(-c2c(C(C)C)cccc2C(C)C)nc2cc3c4ccccc4n(C)c3c(C)c21. The van der Waals surface area contributed by atoms with E-state index in [1.165, 1.54) is 49.6 Å². The average Bonchev–Trinajstić information content (AvgIpc) is 3.29. The molecular weight excluding hydrogens is 390 g/mol. The summed E-state index contributed by atoms with van der Waals surface area (Å²) in [5.41, 5.74) is 10.3. The van der Waals surface area contributed by atoms with Crippen LogP contribution in [-0.2, 0) is 13.6 Å². The summed E-state index contributed by atoms with van der Waals surface area (Å²) in [5, 5.41) is 2.59. The molecule has 0 aliphatic carbocycles. The van der Waals surface area contributed by atoms with Crippen LogP contribution < -0.4 is 0 Å². The highest BCUT2D eigenvalue weighted by molar-refractivity contribution is 6.13. The summed E-state index contributed by atoms with van der Waals surface area (Å²) in [5.74, 6) is 1.99. The maximum atomic E-state index is 5.32. The normalized spacial score (nSPS) is 12.3. The third-order valence-corrected chi connectivity index (χ3v) is 7.04. The Morgan fingerprint density at radius 1 is 0.844 bits per heavy atom. The lowest BCUT2D eigenvalue weighted by Crippen LogP contribution is -2.06. The van der Waals surface area contributed by atoms with Crippen LogP contribution in [0.5, 0.6) is 0 Å². The molecule has 3 nitrogen and oxygen atoms in total. The van der Waals surface area contributed by atoms with E-state index in [4.69, 9.17) is 4.98 Å². The molecule has 0 N–H and O–H groups in total. The van der Waals surface area contributed by atoms with Gasteiger partial charge in [-0.2, -0.15) is 0 Å². The third-order valence-electron chi connectivity index (χ3n) is 7.04. The molecule has 0 radical (unpaired) electrons. The first-order chi connectivity index (χ1) is 15.3. The van der Waals surface area contributed by atoms with Gasteiger partial charge in [0.1, 0.15) is 5.82 Å². The first kappa shape index (κ1) is 20.8. The van der Waals surface area contributed by atoms with E-state index in [2.05, 4.69) is 106 Å². The number of hydrogen-bond donors (Lipinski definition) is 0. The van der Waals surface area contributed by atoms with E-state index < -0.39 is 0 Å². The molecule has 0 aliphatic heterocycles. The summed E-state index contributed by atoms with van der Waals surface area (Å²) in [7, 11) is 2.18. The van der Waals surface area contributed by atoms with Gasteiger partial charge in [-0.15, -0.1) is 0 Å². The van der Waals surface area contributed by atoms with E-state index in [9.17, 15) is 0 Å². The van der Waals surface area contributed by atoms with E-state index in [1.54, 1.807) is 0 Å². The molecule has 3 heteroatoms. The van der Waals surface area contributed by atoms with Crippen LogP contribution in [-0.4, -0.2) is 14.1 Å². The molecule has 0 unspecified atom stereocenters. The Morgan fingerprint density at radius 3 is 2.12 bits per heavy atom. The molecule has 5 aromatic rings. The Bertz CT molecular complexity index is 1450. The lowest BCUT2D eigenvalue weighted by molar-refractivity contribution is 0.779. The highest BCUT2D eigenvalue weighted by Crippen LogP contribution is 2.40. The van der Waals surface area contributed by atoms with Crippen LogP contribution in [0, 0.1) is 6.92 Å². The number of benzene rings is 3. The molecule has 0 saturated heterocycles. The van der Waals surface area contributed by atoms with Crippen molar-refractivity contribution in [2.75, 3.05) is 0 Å². The standard InChI is InChI=1S/C29H33N3/c1-8-32-28-19(6)27-23(22-12-9-10-15-25(22)31(27)7)16-24(28)30-29(32)26-20(17(2)3)13-11-14-21(26)18(4)5/h9-18H,8H2,1-7H3. The minimum atomic E-state index is 0.443. The van der Waals surface area contributed by atoms with Crippen molar-refractivity contribution in [3.63, 3.8) is 0 Å². The van der Waals surface area contributed by atoms with Crippen molar-refractivity contribution in [1.29, 1.82) is 0 Å². The smallest absolute Gasteiger partial charge is 0.141 e. The second-order valence-electron chi connectivity index (χ2n) is 9.64. The van der Waals surface area contributed by atoms with E-state index in [0.717, 1.165) is 17.9 Å². The van der Waals surface area contributed by atoms with Gasteiger partial charge in [0, 0.05) is 35.4 Å². The van der Waals surface area contributed by atoms with Crippen molar-refractivity contribution in [3.8, 4) is 11.4 Å². The first-order valence-corrected chi connectivity index (χ1v) is 11.8. The van der Waals surface area contributed by atoms with E-state index in [0.29, 0.717) is 11.8 Å². The van der Waals surface area contributed by atoms with Gasteiger partial charge < -0.3 is 9.13 Å². The maximum absolute atomic E-state index is 5.32. The Labute approximate surface area is 190 Å². The topological polar surface area (TPSA) is 22.8 Å². The van der Waals surface area contributed by atoms with Crippen molar-refractivity contribution in [1.82, 2.24) is 14.1 Å². The zero-order valence-electron chi connectivity index (χ0n) is 20.3. The summed E-state index contributed by atoms with van der Waals surface area (Å²) in [6.07, 6.45) is 0. The van der Waals surface area contributed by atoms with Gasteiger partial charge in [-0.25, -0.2) is 4.98 Å². The monoisotopic (exact) mass is 423 g/mol. The average molecular weight is 424 g/mol. The highest BCUT2D eigenvalue weighted by atomic mass is 15.1. The Morgan fingerprint density at radius 2 is 1.50 bits per heavy atom. The summed E-state index contributed by atoms with van der Waals surface area (Å²) in [6, 6.07) is 17.8. The van der Waals surface area contributed by atoms with Crippen LogP contribution in [0.3, 0.4) is 0 Å². The number of nitrogens with zero attached hydrogens (tertiary/aromatic N) is 3. The minimum absolute atomic E-state index is 0.443. The third kappa shape index (κ3) is 2.83. The predicted molar refractivity (Wildman–Crippen MR) is 138 cm³/mol. The molecule has 3 aromatic carbocycles. The Balaban J connectivity index is 1.93. The molecule has 164 valence electrons. The summed E-state index contributed by atoms with van der Waals surface area (Å²) in [6.45, 7) is 14.5. The second kappa shape index (κ2) is 7.51. The molecular formula is C29H33N3. The quantitative estimate of drug-likeness (QED) is 0.288. The van der Waals surface area contributed by atoms with E-state index in [-0.39, 0.29) is 0 Å². The molecule has 5 rings (SSSR count). The molecule has 2 heterocycles. The van der Waals surface area contributed by atoms with Gasteiger partial charge >= 0.3 is 0 Å². The number of fused-ring (bicyclic) bond motifs is 4. The zero-order valence-corrected chi connectivity index (χ0v) is 20.3. The Kier molecular flexibility index (Phi) is 4.88. The van der Waals surface area contributed by atoms with Gasteiger partial charge in [0.2, 0.25) is 0 Å². The Hall–Kier alpha value is -3.07.